The van der Waals surface area contributed by atoms with Crippen LogP contribution in [0.5, 0.6) is 11.5 Å². The second-order valence-corrected chi connectivity index (χ2v) is 6.72. The average Bonchev–Trinajstić information content (AvgIpc) is 2.58. The van der Waals surface area contributed by atoms with Crippen molar-refractivity contribution >= 4 is 16.0 Å². The highest BCUT2D eigenvalue weighted by Crippen LogP contribution is 2.18. The molecule has 2 rings (SSSR count). The van der Waals surface area contributed by atoms with Crippen LogP contribution in [-0.4, -0.2) is 34.7 Å². The molecule has 2 aromatic carbocycles. The summed E-state index contributed by atoms with van der Waals surface area (Å²) in [4.78, 5) is 11.9. The number of carbonyl (C=O) groups is 1. The molecular weight excluding hydrogens is 346 g/mol. The number of rotatable bonds is 7. The van der Waals surface area contributed by atoms with Crippen LogP contribution in [0, 0.1) is 6.92 Å². The molecule has 0 bridgehead atoms. The number of primary sulfonamides is 1. The van der Waals surface area contributed by atoms with Crippen LogP contribution in [0.3, 0.4) is 0 Å². The van der Waals surface area contributed by atoms with E-state index in [0.717, 1.165) is 0 Å². The van der Waals surface area contributed by atoms with Gasteiger partial charge in [0.2, 0.25) is 10.0 Å². The van der Waals surface area contributed by atoms with Crippen molar-refractivity contribution in [3.05, 3.63) is 53.6 Å². The molecule has 0 amide bonds. The van der Waals surface area contributed by atoms with Crippen molar-refractivity contribution in [1.29, 1.82) is 0 Å². The molecule has 0 atom stereocenters. The standard InChI is InChI=1S/C17H19NO6S/c1-12-3-4-13(11-16(12)25(18,20)21)17(19)24-10-9-23-15-7-5-14(22-2)6-8-15/h3-8,11H,9-10H2,1-2H3,(H2,18,20,21). The second-order valence-electron chi connectivity index (χ2n) is 5.19. The Bertz CT molecular complexity index is 846. The molecule has 134 valence electrons. The molecule has 0 aliphatic rings. The highest BCUT2D eigenvalue weighted by molar-refractivity contribution is 7.89. The Morgan fingerprint density at radius 2 is 1.68 bits per heavy atom. The molecule has 0 aromatic heterocycles. The maximum absolute atomic E-state index is 12.0. The van der Waals surface area contributed by atoms with E-state index < -0.39 is 16.0 Å². The lowest BCUT2D eigenvalue weighted by Gasteiger charge is -2.09. The van der Waals surface area contributed by atoms with Gasteiger partial charge < -0.3 is 14.2 Å². The Hall–Kier alpha value is -2.58. The minimum absolute atomic E-state index is 0.0173. The van der Waals surface area contributed by atoms with Crippen molar-refractivity contribution < 1.29 is 27.4 Å². The number of benzene rings is 2. The van der Waals surface area contributed by atoms with Crippen LogP contribution in [-0.2, 0) is 14.8 Å². The number of hydrogen-bond donors (Lipinski definition) is 1. The van der Waals surface area contributed by atoms with Crippen LogP contribution >= 0.6 is 0 Å². The highest BCUT2D eigenvalue weighted by Gasteiger charge is 2.16. The largest absolute Gasteiger partial charge is 0.497 e. The molecule has 0 saturated heterocycles. The minimum atomic E-state index is -3.90. The van der Waals surface area contributed by atoms with E-state index >= 15 is 0 Å². The Kier molecular flexibility index (Phi) is 6.00. The smallest absolute Gasteiger partial charge is 0.338 e. The lowest BCUT2D eigenvalue weighted by Crippen LogP contribution is -2.16. The Morgan fingerprint density at radius 3 is 2.28 bits per heavy atom. The minimum Gasteiger partial charge on any atom is -0.497 e. The number of sulfonamides is 1. The first kappa shape index (κ1) is 18.8. The maximum Gasteiger partial charge on any atom is 0.338 e. The van der Waals surface area contributed by atoms with E-state index in [0.29, 0.717) is 17.1 Å². The average molecular weight is 365 g/mol. The quantitative estimate of drug-likeness (QED) is 0.593. The molecule has 0 aliphatic heterocycles. The number of carbonyl (C=O) groups excluding carboxylic acids is 1. The van der Waals surface area contributed by atoms with Crippen molar-refractivity contribution in [2.75, 3.05) is 20.3 Å². The van der Waals surface area contributed by atoms with Gasteiger partial charge in [-0.1, -0.05) is 6.07 Å². The van der Waals surface area contributed by atoms with Gasteiger partial charge in [0.25, 0.3) is 0 Å². The molecule has 0 radical (unpaired) electrons. The number of methoxy groups -OCH3 is 1. The van der Waals surface area contributed by atoms with Gasteiger partial charge in [0.15, 0.2) is 0 Å². The van der Waals surface area contributed by atoms with Gasteiger partial charge in [0, 0.05) is 0 Å². The van der Waals surface area contributed by atoms with E-state index in [1.165, 1.54) is 18.2 Å². The topological polar surface area (TPSA) is 105 Å². The van der Waals surface area contributed by atoms with Crippen LogP contribution < -0.4 is 14.6 Å². The van der Waals surface area contributed by atoms with Crippen LogP contribution in [0.15, 0.2) is 47.4 Å². The predicted octanol–water partition coefficient (Wildman–Crippen LogP) is 1.89. The molecule has 25 heavy (non-hydrogen) atoms. The molecule has 0 heterocycles. The summed E-state index contributed by atoms with van der Waals surface area (Å²) in [5.74, 6) is 0.677. The van der Waals surface area contributed by atoms with Gasteiger partial charge in [0.1, 0.15) is 24.7 Å². The molecule has 0 aliphatic carbocycles. The molecule has 0 saturated carbocycles. The first-order chi connectivity index (χ1) is 11.8. The van der Waals surface area contributed by atoms with Crippen LogP contribution in [0.4, 0.5) is 0 Å². The van der Waals surface area contributed by atoms with Crippen molar-refractivity contribution in [3.63, 3.8) is 0 Å². The van der Waals surface area contributed by atoms with Crippen LogP contribution in [0.1, 0.15) is 15.9 Å². The van der Waals surface area contributed by atoms with Crippen molar-refractivity contribution in [2.24, 2.45) is 5.14 Å². The molecule has 7 nitrogen and oxygen atoms in total. The van der Waals surface area contributed by atoms with Gasteiger partial charge in [0.05, 0.1) is 17.6 Å². The summed E-state index contributed by atoms with van der Waals surface area (Å²) in [6, 6.07) is 11.2. The first-order valence-electron chi connectivity index (χ1n) is 7.38. The summed E-state index contributed by atoms with van der Waals surface area (Å²) in [6.45, 7) is 1.77. The number of aryl methyl sites for hydroxylation is 1. The summed E-state index contributed by atoms with van der Waals surface area (Å²) >= 11 is 0. The van der Waals surface area contributed by atoms with Crippen molar-refractivity contribution in [1.82, 2.24) is 0 Å². The van der Waals surface area contributed by atoms with Crippen molar-refractivity contribution in [3.8, 4) is 11.5 Å². The molecule has 2 N–H and O–H groups in total. The van der Waals surface area contributed by atoms with E-state index in [4.69, 9.17) is 19.3 Å². The first-order valence-corrected chi connectivity index (χ1v) is 8.93. The SMILES string of the molecule is COc1ccc(OCCOC(=O)c2ccc(C)c(S(N)(=O)=O)c2)cc1. The maximum atomic E-state index is 12.0. The fraction of sp³-hybridized carbons (Fsp3) is 0.235. The summed E-state index contributed by atoms with van der Waals surface area (Å²) < 4.78 is 38.5. The van der Waals surface area contributed by atoms with Gasteiger partial charge in [-0.2, -0.15) is 0 Å². The van der Waals surface area contributed by atoms with E-state index in [2.05, 4.69) is 0 Å². The normalized spacial score (nSPS) is 11.0. The number of nitrogens with two attached hydrogens (primary N) is 1. The fourth-order valence-corrected chi connectivity index (χ4v) is 2.89. The molecule has 2 aromatic rings. The summed E-state index contributed by atoms with van der Waals surface area (Å²) in [5, 5.41) is 5.12. The summed E-state index contributed by atoms with van der Waals surface area (Å²) in [5.41, 5.74) is 0.570. The molecule has 8 heteroatoms. The third-order valence-electron chi connectivity index (χ3n) is 3.38. The van der Waals surface area contributed by atoms with E-state index in [1.54, 1.807) is 38.3 Å². The number of hydrogen-bond acceptors (Lipinski definition) is 6. The van der Waals surface area contributed by atoms with Gasteiger partial charge in [-0.15, -0.1) is 0 Å². The van der Waals surface area contributed by atoms with Gasteiger partial charge in [-0.05, 0) is 48.9 Å². The van der Waals surface area contributed by atoms with Crippen molar-refractivity contribution in [2.45, 2.75) is 11.8 Å². The van der Waals surface area contributed by atoms with Crippen LogP contribution in [0.2, 0.25) is 0 Å². The second kappa shape index (κ2) is 8.00. The molecule has 0 spiro atoms. The number of ether oxygens (including phenoxy) is 3. The molecular formula is C17H19NO6S. The van der Waals surface area contributed by atoms with E-state index in [-0.39, 0.29) is 23.7 Å². The summed E-state index contributed by atoms with van der Waals surface area (Å²) in [7, 11) is -2.33. The Labute approximate surface area is 146 Å². The van der Waals surface area contributed by atoms with Gasteiger partial charge in [-0.25, -0.2) is 18.4 Å². The third-order valence-corrected chi connectivity index (χ3v) is 4.43. The Morgan fingerprint density at radius 1 is 1.04 bits per heavy atom. The molecule has 0 fully saturated rings. The molecule has 0 unspecified atom stereocenters. The lowest BCUT2D eigenvalue weighted by atomic mass is 10.1. The third kappa shape index (κ3) is 5.20. The monoisotopic (exact) mass is 365 g/mol. The van der Waals surface area contributed by atoms with E-state index in [1.807, 2.05) is 0 Å². The predicted molar refractivity (Wildman–Crippen MR) is 91.3 cm³/mol. The van der Waals surface area contributed by atoms with Gasteiger partial charge in [-0.3, -0.25) is 0 Å². The highest BCUT2D eigenvalue weighted by atomic mass is 32.2. The lowest BCUT2D eigenvalue weighted by molar-refractivity contribution is 0.0450. The summed E-state index contributed by atoms with van der Waals surface area (Å²) in [6.07, 6.45) is 0. The Balaban J connectivity index is 1.90. The fourth-order valence-electron chi connectivity index (χ4n) is 2.08. The zero-order chi connectivity index (χ0) is 18.4. The number of esters is 1. The zero-order valence-electron chi connectivity index (χ0n) is 13.9. The van der Waals surface area contributed by atoms with E-state index in [9.17, 15) is 13.2 Å². The zero-order valence-corrected chi connectivity index (χ0v) is 14.7. The van der Waals surface area contributed by atoms with Crippen LogP contribution in [0.25, 0.3) is 0 Å². The van der Waals surface area contributed by atoms with Gasteiger partial charge >= 0.3 is 5.97 Å².